The first kappa shape index (κ1) is 23.7. The summed E-state index contributed by atoms with van der Waals surface area (Å²) in [5.41, 5.74) is 3.64. The van der Waals surface area contributed by atoms with Gasteiger partial charge in [0, 0.05) is 12.5 Å². The predicted molar refractivity (Wildman–Crippen MR) is 131 cm³/mol. The van der Waals surface area contributed by atoms with Crippen LogP contribution in [0.15, 0.2) is 47.3 Å². The summed E-state index contributed by atoms with van der Waals surface area (Å²) < 4.78 is 1.72. The number of hydrogen-bond donors (Lipinski definition) is 0. The molecule has 0 unspecified atom stereocenters. The van der Waals surface area contributed by atoms with Crippen molar-refractivity contribution in [3.63, 3.8) is 0 Å². The molecule has 32 heavy (non-hydrogen) atoms. The van der Waals surface area contributed by atoms with Crippen LogP contribution in [0.2, 0.25) is 0 Å². The highest BCUT2D eigenvalue weighted by Crippen LogP contribution is 2.28. The van der Waals surface area contributed by atoms with Crippen LogP contribution in [-0.2, 0) is 4.79 Å². The van der Waals surface area contributed by atoms with Crippen molar-refractivity contribution >= 4 is 16.8 Å². The fraction of sp³-hybridized carbons (Fsp3) is 0.444. The first-order chi connectivity index (χ1) is 15.3. The predicted octanol–water partition coefficient (Wildman–Crippen LogP) is 5.74. The number of aromatic nitrogens is 2. The van der Waals surface area contributed by atoms with Crippen LogP contribution in [0.5, 0.6) is 0 Å². The van der Waals surface area contributed by atoms with E-state index in [0.29, 0.717) is 29.7 Å². The van der Waals surface area contributed by atoms with E-state index in [2.05, 4.69) is 20.8 Å². The zero-order chi connectivity index (χ0) is 23.4. The van der Waals surface area contributed by atoms with Gasteiger partial charge in [-0.05, 0) is 62.1 Å². The van der Waals surface area contributed by atoms with Crippen molar-refractivity contribution in [1.29, 1.82) is 0 Å². The number of para-hydroxylation sites is 1. The molecule has 0 saturated heterocycles. The number of unbranched alkanes of at least 4 members (excludes halogenated alkanes) is 1. The van der Waals surface area contributed by atoms with E-state index in [4.69, 9.17) is 4.98 Å². The van der Waals surface area contributed by atoms with Crippen LogP contribution in [0, 0.1) is 19.8 Å². The Labute approximate surface area is 191 Å². The standard InChI is InChI=1S/C27H35N3O2/c1-7-9-16-29(26(31)18(3)4)24(8-2)25-28-23-13-11-10-12-22(23)27(32)30(25)21-15-14-19(5)20(6)17-21/h10-15,17-18,24H,7-9,16H2,1-6H3/t24-/m1/s1. The second-order valence-corrected chi connectivity index (χ2v) is 8.86. The van der Waals surface area contributed by atoms with Gasteiger partial charge in [-0.3, -0.25) is 14.2 Å². The maximum atomic E-state index is 13.7. The Morgan fingerprint density at radius 3 is 2.41 bits per heavy atom. The van der Waals surface area contributed by atoms with Gasteiger partial charge in [0.2, 0.25) is 5.91 Å². The lowest BCUT2D eigenvalue weighted by Crippen LogP contribution is -2.41. The quantitative estimate of drug-likeness (QED) is 0.455. The van der Waals surface area contributed by atoms with Crippen LogP contribution in [0.3, 0.4) is 0 Å². The van der Waals surface area contributed by atoms with Crippen molar-refractivity contribution in [3.8, 4) is 5.69 Å². The second-order valence-electron chi connectivity index (χ2n) is 8.86. The number of aryl methyl sites for hydroxylation is 2. The summed E-state index contributed by atoms with van der Waals surface area (Å²) in [4.78, 5) is 33.9. The zero-order valence-electron chi connectivity index (χ0n) is 20.2. The van der Waals surface area contributed by atoms with Crippen molar-refractivity contribution < 1.29 is 4.79 Å². The Morgan fingerprint density at radius 2 is 1.78 bits per heavy atom. The number of rotatable bonds is 8. The highest BCUT2D eigenvalue weighted by molar-refractivity contribution is 5.80. The lowest BCUT2D eigenvalue weighted by Gasteiger charge is -2.33. The molecular weight excluding hydrogens is 398 g/mol. The molecular formula is C27H35N3O2. The van der Waals surface area contributed by atoms with Gasteiger partial charge in [0.1, 0.15) is 5.82 Å². The summed E-state index contributed by atoms with van der Waals surface area (Å²) in [6, 6.07) is 13.2. The topological polar surface area (TPSA) is 55.2 Å². The van der Waals surface area contributed by atoms with Crippen LogP contribution < -0.4 is 5.56 Å². The molecule has 1 heterocycles. The number of nitrogens with zero attached hydrogens (tertiary/aromatic N) is 3. The molecule has 0 saturated carbocycles. The number of fused-ring (bicyclic) bond motifs is 1. The van der Waals surface area contributed by atoms with Crippen molar-refractivity contribution in [2.24, 2.45) is 5.92 Å². The fourth-order valence-electron chi connectivity index (χ4n) is 4.11. The molecule has 0 radical (unpaired) electrons. The molecule has 0 fully saturated rings. The smallest absolute Gasteiger partial charge is 0.266 e. The van der Waals surface area contributed by atoms with E-state index in [1.165, 1.54) is 5.56 Å². The minimum Gasteiger partial charge on any atom is -0.332 e. The van der Waals surface area contributed by atoms with Gasteiger partial charge in [0.15, 0.2) is 0 Å². The Balaban J connectivity index is 2.31. The summed E-state index contributed by atoms with van der Waals surface area (Å²) in [6.07, 6.45) is 2.58. The average Bonchev–Trinajstić information content (AvgIpc) is 2.78. The number of carbonyl (C=O) groups excluding carboxylic acids is 1. The molecule has 0 spiro atoms. The fourth-order valence-corrected chi connectivity index (χ4v) is 4.11. The van der Waals surface area contributed by atoms with Gasteiger partial charge < -0.3 is 4.90 Å². The first-order valence-electron chi connectivity index (χ1n) is 11.7. The molecule has 0 N–H and O–H groups in total. The summed E-state index contributed by atoms with van der Waals surface area (Å²) in [5.74, 6) is 0.604. The third kappa shape index (κ3) is 4.62. The van der Waals surface area contributed by atoms with E-state index in [1.54, 1.807) is 4.57 Å². The van der Waals surface area contributed by atoms with Crippen LogP contribution in [0.25, 0.3) is 16.6 Å². The van der Waals surface area contributed by atoms with Crippen molar-refractivity contribution in [2.45, 2.75) is 66.8 Å². The van der Waals surface area contributed by atoms with Crippen LogP contribution in [0.1, 0.15) is 70.0 Å². The van der Waals surface area contributed by atoms with Crippen LogP contribution >= 0.6 is 0 Å². The number of amides is 1. The van der Waals surface area contributed by atoms with E-state index in [0.717, 1.165) is 24.1 Å². The van der Waals surface area contributed by atoms with Gasteiger partial charge in [0.25, 0.3) is 5.56 Å². The van der Waals surface area contributed by atoms with Gasteiger partial charge in [-0.2, -0.15) is 0 Å². The van der Waals surface area contributed by atoms with Crippen LogP contribution in [0.4, 0.5) is 0 Å². The van der Waals surface area contributed by atoms with Gasteiger partial charge in [-0.15, -0.1) is 0 Å². The highest BCUT2D eigenvalue weighted by atomic mass is 16.2. The van der Waals surface area contributed by atoms with Crippen molar-refractivity contribution in [3.05, 3.63) is 69.8 Å². The first-order valence-corrected chi connectivity index (χ1v) is 11.7. The number of hydrogen-bond acceptors (Lipinski definition) is 3. The molecule has 0 aliphatic rings. The number of carbonyl (C=O) groups is 1. The minimum absolute atomic E-state index is 0.0966. The number of benzene rings is 2. The Morgan fingerprint density at radius 1 is 1.06 bits per heavy atom. The lowest BCUT2D eigenvalue weighted by atomic mass is 10.1. The Kier molecular flexibility index (Phi) is 7.49. The largest absolute Gasteiger partial charge is 0.332 e. The molecule has 0 bridgehead atoms. The summed E-state index contributed by atoms with van der Waals surface area (Å²) in [6.45, 7) is 12.8. The van der Waals surface area contributed by atoms with Gasteiger partial charge in [0.05, 0.1) is 22.6 Å². The molecule has 2 aromatic carbocycles. The molecule has 5 heteroatoms. The van der Waals surface area contributed by atoms with Crippen molar-refractivity contribution in [1.82, 2.24) is 14.5 Å². The molecule has 0 aliphatic carbocycles. The minimum atomic E-state index is -0.282. The molecule has 3 aromatic rings. The normalized spacial score (nSPS) is 12.3. The monoisotopic (exact) mass is 433 g/mol. The third-order valence-corrected chi connectivity index (χ3v) is 6.14. The van der Waals surface area contributed by atoms with Crippen LogP contribution in [-0.4, -0.2) is 26.9 Å². The van der Waals surface area contributed by atoms with E-state index in [1.807, 2.05) is 68.1 Å². The van der Waals surface area contributed by atoms with E-state index >= 15 is 0 Å². The van der Waals surface area contributed by atoms with Gasteiger partial charge >= 0.3 is 0 Å². The summed E-state index contributed by atoms with van der Waals surface area (Å²) in [5, 5.41) is 0.583. The molecule has 5 nitrogen and oxygen atoms in total. The van der Waals surface area contributed by atoms with Crippen molar-refractivity contribution in [2.75, 3.05) is 6.54 Å². The maximum Gasteiger partial charge on any atom is 0.266 e. The second kappa shape index (κ2) is 10.1. The summed E-state index contributed by atoms with van der Waals surface area (Å²) in [7, 11) is 0. The zero-order valence-corrected chi connectivity index (χ0v) is 20.2. The van der Waals surface area contributed by atoms with E-state index < -0.39 is 0 Å². The molecule has 170 valence electrons. The molecule has 1 aromatic heterocycles. The average molecular weight is 434 g/mol. The van der Waals surface area contributed by atoms with Gasteiger partial charge in [-0.25, -0.2) is 4.98 Å². The molecule has 3 rings (SSSR count). The molecule has 0 aliphatic heterocycles. The maximum absolute atomic E-state index is 13.7. The van der Waals surface area contributed by atoms with E-state index in [-0.39, 0.29) is 23.4 Å². The molecule has 1 amide bonds. The third-order valence-electron chi connectivity index (χ3n) is 6.14. The Hall–Kier alpha value is -2.95. The van der Waals surface area contributed by atoms with Gasteiger partial charge in [-0.1, -0.05) is 52.3 Å². The Bertz CT molecular complexity index is 1160. The molecule has 1 atom stereocenters. The lowest BCUT2D eigenvalue weighted by molar-refractivity contribution is -0.137. The summed E-state index contributed by atoms with van der Waals surface area (Å²) >= 11 is 0. The highest BCUT2D eigenvalue weighted by Gasteiger charge is 2.29. The van der Waals surface area contributed by atoms with E-state index in [9.17, 15) is 9.59 Å². The SMILES string of the molecule is CCCCN(C(=O)C(C)C)[C@H](CC)c1nc2ccccc2c(=O)n1-c1ccc(C)c(C)c1.